The van der Waals surface area contributed by atoms with Crippen LogP contribution in [0.25, 0.3) is 0 Å². The van der Waals surface area contributed by atoms with Crippen LogP contribution in [0.1, 0.15) is 46.5 Å². The third-order valence-electron chi connectivity index (χ3n) is 5.21. The van der Waals surface area contributed by atoms with E-state index in [9.17, 15) is 30.0 Å². The molecule has 6 N–H and O–H groups in total. The van der Waals surface area contributed by atoms with Gasteiger partial charge in [-0.3, -0.25) is 19.6 Å². The SMILES string of the molecule is Cc1ncc(CSSCc2cnc(C)c(O)c2CO)c(CO)c1O.NC(=O)CN1CCCC1=O. The van der Waals surface area contributed by atoms with Gasteiger partial charge in [-0.2, -0.15) is 0 Å². The van der Waals surface area contributed by atoms with Crippen LogP contribution in [0, 0.1) is 13.8 Å². The molecular weight excluding hydrogens is 480 g/mol. The number of nitrogens with zero attached hydrogens (tertiary/aromatic N) is 3. The van der Waals surface area contributed by atoms with Crippen LogP contribution in [-0.2, 0) is 34.3 Å². The standard InChI is InChI=1S/C16H20N2O4S2.C6H10N2O2/c1-9-15(21)13(5-19)11(3-17-9)7-23-24-8-12-4-18-10(2)16(22)14(12)6-20;7-5(9)4-8-3-1-2-6(8)10/h3-4,19-22H,5-8H2,1-2H3;1-4H2,(H2,7,9). The summed E-state index contributed by atoms with van der Waals surface area (Å²) in [5.74, 6) is 0.822. The molecule has 3 rings (SSSR count). The van der Waals surface area contributed by atoms with E-state index in [1.54, 1.807) is 26.2 Å². The summed E-state index contributed by atoms with van der Waals surface area (Å²) in [6.07, 6.45) is 4.73. The zero-order chi connectivity index (χ0) is 25.3. The van der Waals surface area contributed by atoms with E-state index in [4.69, 9.17) is 5.73 Å². The maximum absolute atomic E-state index is 10.8. The summed E-state index contributed by atoms with van der Waals surface area (Å²) in [5.41, 5.74) is 8.46. The van der Waals surface area contributed by atoms with E-state index in [1.807, 2.05) is 0 Å². The molecule has 34 heavy (non-hydrogen) atoms. The largest absolute Gasteiger partial charge is 0.506 e. The number of hydrogen-bond acceptors (Lipinski definition) is 10. The molecule has 1 saturated heterocycles. The van der Waals surface area contributed by atoms with Gasteiger partial charge < -0.3 is 31.1 Å². The van der Waals surface area contributed by atoms with Crippen molar-refractivity contribution in [3.63, 3.8) is 0 Å². The number of carbonyl (C=O) groups excluding carboxylic acids is 2. The highest BCUT2D eigenvalue weighted by Gasteiger charge is 2.20. The van der Waals surface area contributed by atoms with Gasteiger partial charge >= 0.3 is 0 Å². The zero-order valence-corrected chi connectivity index (χ0v) is 20.8. The van der Waals surface area contributed by atoms with Crippen molar-refractivity contribution in [3.8, 4) is 11.5 Å². The molecule has 1 aliphatic heterocycles. The van der Waals surface area contributed by atoms with Crippen LogP contribution in [0.2, 0.25) is 0 Å². The Morgan fingerprint density at radius 2 is 1.47 bits per heavy atom. The fourth-order valence-corrected chi connectivity index (χ4v) is 5.42. The van der Waals surface area contributed by atoms with Crippen LogP contribution in [0.3, 0.4) is 0 Å². The number of amides is 2. The summed E-state index contributed by atoms with van der Waals surface area (Å²) in [7, 11) is 3.08. The van der Waals surface area contributed by atoms with Crippen molar-refractivity contribution in [1.82, 2.24) is 14.9 Å². The van der Waals surface area contributed by atoms with Crippen molar-refractivity contribution >= 4 is 33.4 Å². The van der Waals surface area contributed by atoms with Crippen LogP contribution in [0.5, 0.6) is 11.5 Å². The first kappa shape index (κ1) is 27.7. The van der Waals surface area contributed by atoms with Crippen LogP contribution in [0.4, 0.5) is 0 Å². The Morgan fingerprint density at radius 3 is 1.82 bits per heavy atom. The highest BCUT2D eigenvalue weighted by atomic mass is 33.1. The van der Waals surface area contributed by atoms with Crippen molar-refractivity contribution in [3.05, 3.63) is 46.0 Å². The fraction of sp³-hybridized carbons (Fsp3) is 0.455. The minimum absolute atomic E-state index is 0.0378. The van der Waals surface area contributed by atoms with Gasteiger partial charge in [-0.25, -0.2) is 0 Å². The predicted octanol–water partition coefficient (Wildman–Crippen LogP) is 1.66. The van der Waals surface area contributed by atoms with E-state index < -0.39 is 5.91 Å². The van der Waals surface area contributed by atoms with Gasteiger partial charge in [0.25, 0.3) is 0 Å². The van der Waals surface area contributed by atoms with Gasteiger partial charge in [-0.1, -0.05) is 21.6 Å². The first-order valence-electron chi connectivity index (χ1n) is 10.5. The Hall–Kier alpha value is -2.54. The number of primary amides is 1. The van der Waals surface area contributed by atoms with Crippen molar-refractivity contribution in [2.75, 3.05) is 13.1 Å². The van der Waals surface area contributed by atoms with Crippen LogP contribution in [-0.4, -0.2) is 60.2 Å². The maximum atomic E-state index is 10.8. The lowest BCUT2D eigenvalue weighted by atomic mass is 10.1. The molecule has 1 fully saturated rings. The smallest absolute Gasteiger partial charge is 0.237 e. The molecule has 0 aliphatic carbocycles. The molecule has 3 heterocycles. The number of aliphatic hydroxyl groups is 2. The minimum atomic E-state index is -0.435. The van der Waals surface area contributed by atoms with E-state index in [-0.39, 0.29) is 37.2 Å². The Kier molecular flexibility index (Phi) is 10.9. The van der Waals surface area contributed by atoms with E-state index in [1.165, 1.54) is 26.5 Å². The van der Waals surface area contributed by atoms with E-state index in [0.29, 0.717) is 47.0 Å². The number of carbonyl (C=O) groups is 2. The lowest BCUT2D eigenvalue weighted by Gasteiger charge is -2.12. The van der Waals surface area contributed by atoms with Crippen LogP contribution in [0.15, 0.2) is 12.4 Å². The second-order valence-corrected chi connectivity index (χ2v) is 10.1. The number of aromatic hydroxyl groups is 2. The summed E-state index contributed by atoms with van der Waals surface area (Å²) in [5, 5.41) is 38.7. The Morgan fingerprint density at radius 1 is 1.00 bits per heavy atom. The van der Waals surface area contributed by atoms with Crippen LogP contribution >= 0.6 is 21.6 Å². The van der Waals surface area contributed by atoms with Gasteiger partial charge in [0.2, 0.25) is 11.8 Å². The molecule has 0 unspecified atom stereocenters. The topological polar surface area (TPSA) is 170 Å². The summed E-state index contributed by atoms with van der Waals surface area (Å²) in [6, 6.07) is 0. The summed E-state index contributed by atoms with van der Waals surface area (Å²) < 4.78 is 0. The van der Waals surface area contributed by atoms with Gasteiger partial charge in [0.15, 0.2) is 0 Å². The number of likely N-dealkylation sites (tertiary alicyclic amines) is 1. The summed E-state index contributed by atoms with van der Waals surface area (Å²) >= 11 is 0. The Labute approximate surface area is 206 Å². The number of pyridine rings is 2. The lowest BCUT2D eigenvalue weighted by molar-refractivity contribution is -0.132. The monoisotopic (exact) mass is 510 g/mol. The number of aryl methyl sites for hydroxylation is 2. The molecule has 0 bridgehead atoms. The molecule has 0 atom stereocenters. The number of aromatic nitrogens is 2. The molecule has 0 saturated carbocycles. The molecular formula is C22H30N4O6S2. The van der Waals surface area contributed by atoms with Gasteiger partial charge in [-0.05, 0) is 31.4 Å². The lowest BCUT2D eigenvalue weighted by Crippen LogP contribution is -2.34. The molecule has 2 amide bonds. The molecule has 186 valence electrons. The van der Waals surface area contributed by atoms with Gasteiger partial charge in [-0.15, -0.1) is 0 Å². The minimum Gasteiger partial charge on any atom is -0.506 e. The highest BCUT2D eigenvalue weighted by Crippen LogP contribution is 2.35. The number of hydrogen-bond donors (Lipinski definition) is 5. The fourth-order valence-electron chi connectivity index (χ4n) is 3.24. The van der Waals surface area contributed by atoms with E-state index >= 15 is 0 Å². The molecule has 12 heteroatoms. The van der Waals surface area contributed by atoms with E-state index in [0.717, 1.165) is 17.5 Å². The molecule has 0 spiro atoms. The highest BCUT2D eigenvalue weighted by molar-refractivity contribution is 8.76. The zero-order valence-electron chi connectivity index (χ0n) is 19.2. The van der Waals surface area contributed by atoms with E-state index in [2.05, 4.69) is 9.97 Å². The second-order valence-electron chi connectivity index (χ2n) is 7.62. The predicted molar refractivity (Wildman–Crippen MR) is 131 cm³/mol. The normalized spacial score (nSPS) is 13.1. The molecule has 10 nitrogen and oxygen atoms in total. The quantitative estimate of drug-likeness (QED) is 0.247. The van der Waals surface area contributed by atoms with Crippen molar-refractivity contribution < 1.29 is 30.0 Å². The van der Waals surface area contributed by atoms with Gasteiger partial charge in [0.05, 0.1) is 31.1 Å². The Bertz CT molecular complexity index is 960. The van der Waals surface area contributed by atoms with Crippen LogP contribution < -0.4 is 5.73 Å². The number of nitrogens with two attached hydrogens (primary N) is 1. The molecule has 1 aliphatic rings. The third kappa shape index (κ3) is 7.49. The van der Waals surface area contributed by atoms with Gasteiger partial charge in [0, 0.05) is 48.0 Å². The number of aliphatic hydroxyl groups excluding tert-OH is 2. The van der Waals surface area contributed by atoms with Crippen molar-refractivity contribution in [2.24, 2.45) is 5.73 Å². The van der Waals surface area contributed by atoms with Crippen molar-refractivity contribution in [2.45, 2.75) is 51.4 Å². The first-order chi connectivity index (χ1) is 16.2. The third-order valence-corrected chi connectivity index (χ3v) is 7.44. The second kappa shape index (κ2) is 13.4. The molecule has 0 aromatic carbocycles. The molecule has 2 aromatic heterocycles. The average molecular weight is 511 g/mol. The maximum Gasteiger partial charge on any atom is 0.237 e. The summed E-state index contributed by atoms with van der Waals surface area (Å²) in [6.45, 7) is 3.67. The van der Waals surface area contributed by atoms with Crippen molar-refractivity contribution in [1.29, 1.82) is 0 Å². The summed E-state index contributed by atoms with van der Waals surface area (Å²) in [4.78, 5) is 30.9. The first-order valence-corrected chi connectivity index (χ1v) is 13.0. The Balaban J connectivity index is 0.000000340. The number of rotatable bonds is 9. The molecule has 2 aromatic rings. The van der Waals surface area contributed by atoms with Gasteiger partial charge in [0.1, 0.15) is 11.5 Å². The average Bonchev–Trinajstić information content (AvgIpc) is 3.20. The molecule has 0 radical (unpaired) electrons.